The summed E-state index contributed by atoms with van der Waals surface area (Å²) in [7, 11) is 0. The van der Waals surface area contributed by atoms with Crippen LogP contribution in [-0.2, 0) is 5.41 Å². The molecule has 0 fully saturated rings. The first-order valence-electron chi connectivity index (χ1n) is 21.2. The molecule has 0 unspecified atom stereocenters. The van der Waals surface area contributed by atoms with Gasteiger partial charge in [0.1, 0.15) is 0 Å². The van der Waals surface area contributed by atoms with Crippen molar-refractivity contribution in [1.82, 2.24) is 15.0 Å². The van der Waals surface area contributed by atoms with Crippen molar-refractivity contribution >= 4 is 0 Å². The maximum atomic E-state index is 6.90. The van der Waals surface area contributed by atoms with E-state index in [0.717, 1.165) is 50.1 Å². The van der Waals surface area contributed by atoms with Crippen LogP contribution < -0.4 is 9.47 Å². The van der Waals surface area contributed by atoms with Crippen LogP contribution in [0.5, 0.6) is 23.0 Å². The third kappa shape index (κ3) is 6.13. The highest BCUT2D eigenvalue weighted by Gasteiger charge is 2.47. The second kappa shape index (κ2) is 14.9. The number of nitrogens with zero attached hydrogens (tertiary/aromatic N) is 3. The van der Waals surface area contributed by atoms with Crippen LogP contribution in [0, 0.1) is 0 Å². The number of ether oxygens (including phenoxy) is 2. The second-order valence-electron chi connectivity index (χ2n) is 15.9. The summed E-state index contributed by atoms with van der Waals surface area (Å²) in [6.07, 6.45) is 0. The summed E-state index contributed by atoms with van der Waals surface area (Å²) in [5.41, 5.74) is 13.4. The first kappa shape index (κ1) is 36.4. The van der Waals surface area contributed by atoms with Crippen molar-refractivity contribution in [3.63, 3.8) is 0 Å². The van der Waals surface area contributed by atoms with Gasteiger partial charge in [0.15, 0.2) is 40.5 Å². The highest BCUT2D eigenvalue weighted by Crippen LogP contribution is 2.60. The van der Waals surface area contributed by atoms with E-state index in [1.54, 1.807) is 0 Å². The molecule has 0 saturated carbocycles. The number of aromatic nitrogens is 3. The molecule has 1 aliphatic heterocycles. The Balaban J connectivity index is 0.951. The van der Waals surface area contributed by atoms with E-state index < -0.39 is 5.41 Å². The molecule has 0 bridgehead atoms. The number of hydrogen-bond acceptors (Lipinski definition) is 5. The molecule has 0 atom stereocenters. The monoisotopic (exact) mass is 807 g/mol. The van der Waals surface area contributed by atoms with Crippen LogP contribution in [0.4, 0.5) is 0 Å². The largest absolute Gasteiger partial charge is 0.449 e. The third-order valence-electron chi connectivity index (χ3n) is 12.3. The summed E-state index contributed by atoms with van der Waals surface area (Å²) >= 11 is 0. The van der Waals surface area contributed by atoms with E-state index in [2.05, 4.69) is 170 Å². The van der Waals surface area contributed by atoms with Crippen molar-refractivity contribution in [3.05, 3.63) is 247 Å². The number of rotatable bonds is 7. The van der Waals surface area contributed by atoms with Gasteiger partial charge in [0, 0.05) is 16.7 Å². The molecule has 2 aliphatic rings. The summed E-state index contributed by atoms with van der Waals surface area (Å²) in [4.78, 5) is 15.3. The number of fused-ring (bicyclic) bond motifs is 5. The van der Waals surface area contributed by atoms with Crippen LogP contribution >= 0.6 is 0 Å². The van der Waals surface area contributed by atoms with Crippen LogP contribution in [0.2, 0.25) is 0 Å². The molecule has 0 saturated heterocycles. The van der Waals surface area contributed by atoms with Crippen molar-refractivity contribution < 1.29 is 9.47 Å². The van der Waals surface area contributed by atoms with E-state index in [9.17, 15) is 0 Å². The average molecular weight is 808 g/mol. The van der Waals surface area contributed by atoms with E-state index in [1.165, 1.54) is 22.3 Å². The quantitative estimate of drug-likeness (QED) is 0.161. The Kier molecular flexibility index (Phi) is 8.64. The van der Waals surface area contributed by atoms with Gasteiger partial charge in [-0.2, -0.15) is 0 Å². The summed E-state index contributed by atoms with van der Waals surface area (Å²) in [6.45, 7) is 0. The minimum atomic E-state index is -0.556. The Morgan fingerprint density at radius 3 is 1.38 bits per heavy atom. The van der Waals surface area contributed by atoms with Gasteiger partial charge in [-0.15, -0.1) is 0 Å². The molecule has 12 rings (SSSR count). The molecule has 1 aromatic heterocycles. The van der Waals surface area contributed by atoms with Gasteiger partial charge in [0.2, 0.25) is 0 Å². The zero-order chi connectivity index (χ0) is 41.7. The Bertz CT molecular complexity index is 3280. The highest BCUT2D eigenvalue weighted by molar-refractivity contribution is 5.89. The molecule has 0 N–H and O–H groups in total. The van der Waals surface area contributed by atoms with Gasteiger partial charge in [-0.05, 0) is 79.9 Å². The Morgan fingerprint density at radius 2 is 0.714 bits per heavy atom. The van der Waals surface area contributed by atoms with E-state index in [4.69, 9.17) is 24.4 Å². The van der Waals surface area contributed by atoms with Gasteiger partial charge in [-0.25, -0.2) is 15.0 Å². The standard InChI is InChI=1S/C58H37N3O2/c1-5-17-38(18-6-1)39-29-31-41(32-30-39)56-59-55(40-19-7-2-8-20-40)60-57(61-56)47-27-14-13-25-45(47)42-33-34-51-52(35-42)63-54-37-50-48(36-53(54)62-51)46-26-15-16-28-49(46)58(50,43-21-9-3-10-22-43)44-23-11-4-12-24-44/h1-37H. The molecule has 0 amide bonds. The Morgan fingerprint density at radius 1 is 0.270 bits per heavy atom. The van der Waals surface area contributed by atoms with Gasteiger partial charge in [-0.1, -0.05) is 200 Å². The Hall–Kier alpha value is -8.41. The molecule has 1 aliphatic carbocycles. The first-order chi connectivity index (χ1) is 31.2. The summed E-state index contributed by atoms with van der Waals surface area (Å²) in [5.74, 6) is 4.43. The zero-order valence-corrected chi connectivity index (χ0v) is 34.0. The Labute approximate surface area is 365 Å². The molecule has 0 radical (unpaired) electrons. The van der Waals surface area contributed by atoms with E-state index >= 15 is 0 Å². The maximum absolute atomic E-state index is 6.90. The molecule has 296 valence electrons. The maximum Gasteiger partial charge on any atom is 0.170 e. The lowest BCUT2D eigenvalue weighted by molar-refractivity contribution is 0.359. The van der Waals surface area contributed by atoms with E-state index in [0.29, 0.717) is 40.5 Å². The SMILES string of the molecule is c1ccc(-c2ccc(-c3nc(-c4ccccc4)nc(-c4ccccc4-c4ccc5c(c4)Oc4cc6c(cc4O5)-c4ccccc4C6(c4ccccc4)c4ccccc4)n3)cc2)cc1. The average Bonchev–Trinajstić information content (AvgIpc) is 3.65. The molecule has 5 heteroatoms. The highest BCUT2D eigenvalue weighted by atomic mass is 16.6. The smallest absolute Gasteiger partial charge is 0.170 e. The lowest BCUT2D eigenvalue weighted by Crippen LogP contribution is -2.28. The number of hydrogen-bond donors (Lipinski definition) is 0. The van der Waals surface area contributed by atoms with Crippen molar-refractivity contribution in [2.75, 3.05) is 0 Å². The van der Waals surface area contributed by atoms with E-state index in [-0.39, 0.29) is 0 Å². The lowest BCUT2D eigenvalue weighted by atomic mass is 9.67. The normalized spacial score (nSPS) is 12.8. The third-order valence-corrected chi connectivity index (χ3v) is 12.3. The van der Waals surface area contributed by atoms with Gasteiger partial charge < -0.3 is 9.47 Å². The van der Waals surface area contributed by atoms with Crippen LogP contribution in [0.25, 0.3) is 67.5 Å². The molecule has 10 aromatic rings. The van der Waals surface area contributed by atoms with Gasteiger partial charge in [0.25, 0.3) is 0 Å². The van der Waals surface area contributed by atoms with E-state index in [1.807, 2.05) is 54.6 Å². The molecular formula is C58H37N3O2. The molecule has 63 heavy (non-hydrogen) atoms. The molecule has 0 spiro atoms. The lowest BCUT2D eigenvalue weighted by Gasteiger charge is -2.34. The predicted molar refractivity (Wildman–Crippen MR) is 251 cm³/mol. The summed E-state index contributed by atoms with van der Waals surface area (Å²) in [6, 6.07) is 77.9. The van der Waals surface area contributed by atoms with Crippen LogP contribution in [0.1, 0.15) is 22.3 Å². The van der Waals surface area contributed by atoms with Crippen molar-refractivity contribution in [2.45, 2.75) is 5.41 Å². The first-order valence-corrected chi connectivity index (χ1v) is 21.2. The van der Waals surface area contributed by atoms with Crippen LogP contribution in [-0.4, -0.2) is 15.0 Å². The predicted octanol–water partition coefficient (Wildman–Crippen LogP) is 14.5. The van der Waals surface area contributed by atoms with Gasteiger partial charge in [0.05, 0.1) is 5.41 Å². The fourth-order valence-corrected chi connectivity index (χ4v) is 9.40. The topological polar surface area (TPSA) is 57.1 Å². The fourth-order valence-electron chi connectivity index (χ4n) is 9.40. The van der Waals surface area contributed by atoms with Crippen molar-refractivity contribution in [1.29, 1.82) is 0 Å². The fraction of sp³-hybridized carbons (Fsp3) is 0.0172. The minimum absolute atomic E-state index is 0.556. The van der Waals surface area contributed by atoms with Gasteiger partial charge in [-0.3, -0.25) is 0 Å². The molecular weight excluding hydrogens is 771 g/mol. The van der Waals surface area contributed by atoms with Gasteiger partial charge >= 0.3 is 0 Å². The zero-order valence-electron chi connectivity index (χ0n) is 34.0. The van der Waals surface area contributed by atoms with Crippen molar-refractivity contribution in [2.24, 2.45) is 0 Å². The minimum Gasteiger partial charge on any atom is -0.449 e. The summed E-state index contributed by atoms with van der Waals surface area (Å²) < 4.78 is 13.6. The van der Waals surface area contributed by atoms with Crippen LogP contribution in [0.15, 0.2) is 224 Å². The number of benzene rings is 9. The molecule has 5 nitrogen and oxygen atoms in total. The van der Waals surface area contributed by atoms with Crippen LogP contribution in [0.3, 0.4) is 0 Å². The summed E-state index contributed by atoms with van der Waals surface area (Å²) in [5, 5.41) is 0. The molecule has 9 aromatic carbocycles. The molecule has 2 heterocycles. The van der Waals surface area contributed by atoms with Crippen molar-refractivity contribution in [3.8, 4) is 90.5 Å². The second-order valence-corrected chi connectivity index (χ2v) is 15.9.